The van der Waals surface area contributed by atoms with Gasteiger partial charge in [-0.05, 0) is 72.7 Å². The number of urea groups is 1. The van der Waals surface area contributed by atoms with Gasteiger partial charge in [-0.3, -0.25) is 4.79 Å². The molecule has 1 saturated heterocycles. The molecule has 0 spiro atoms. The van der Waals surface area contributed by atoms with E-state index in [0.717, 1.165) is 33.7 Å². The average molecular weight is 542 g/mol. The number of halogens is 2. The molecule has 37 heavy (non-hydrogen) atoms. The molecule has 3 amide bonds. The van der Waals surface area contributed by atoms with Gasteiger partial charge in [0.15, 0.2) is 0 Å². The highest BCUT2D eigenvalue weighted by molar-refractivity contribution is 7.70. The normalized spacial score (nSPS) is 15.8. The van der Waals surface area contributed by atoms with E-state index in [1.54, 1.807) is 18.2 Å². The van der Waals surface area contributed by atoms with Crippen LogP contribution in [0.15, 0.2) is 60.7 Å². The van der Waals surface area contributed by atoms with Gasteiger partial charge < -0.3 is 20.1 Å². The third kappa shape index (κ3) is 5.89. The van der Waals surface area contributed by atoms with Gasteiger partial charge in [-0.15, -0.1) is 0 Å². The van der Waals surface area contributed by atoms with Gasteiger partial charge in [-0.1, -0.05) is 55.8 Å². The maximum absolute atomic E-state index is 14.0. The van der Waals surface area contributed by atoms with Gasteiger partial charge >= 0.3 is 6.03 Å². The average Bonchev–Trinajstić information content (AvgIpc) is 3.19. The zero-order chi connectivity index (χ0) is 26.9. The smallest absolute Gasteiger partial charge is 0.319 e. The Hall–Kier alpha value is -3.15. The quantitative estimate of drug-likeness (QED) is 0.352. The molecule has 0 aliphatic carbocycles. The summed E-state index contributed by atoms with van der Waals surface area (Å²) in [5.41, 5.74) is 3.60. The Bertz CT molecular complexity index is 1410. The molecule has 1 aliphatic rings. The van der Waals surface area contributed by atoms with E-state index in [2.05, 4.69) is 30.5 Å². The van der Waals surface area contributed by atoms with Crippen molar-refractivity contribution >= 4 is 47.4 Å². The number of benzene rings is 3. The van der Waals surface area contributed by atoms with Gasteiger partial charge in [0.2, 0.25) is 5.91 Å². The van der Waals surface area contributed by atoms with Crippen LogP contribution in [0.1, 0.15) is 31.7 Å². The van der Waals surface area contributed by atoms with Gasteiger partial charge in [-0.25, -0.2) is 9.18 Å². The minimum Gasteiger partial charge on any atom is -0.326 e. The first-order chi connectivity index (χ1) is 17.5. The molecule has 3 aromatic carbocycles. The van der Waals surface area contributed by atoms with Crippen molar-refractivity contribution < 1.29 is 18.5 Å². The monoisotopic (exact) mass is 541 g/mol. The second kappa shape index (κ2) is 10.7. The molecular formula is C28H30ClFN3O3P. The molecule has 2 N–H and O–H groups in total. The van der Waals surface area contributed by atoms with Crippen LogP contribution < -0.4 is 20.8 Å². The Morgan fingerprint density at radius 1 is 1.11 bits per heavy atom. The lowest BCUT2D eigenvalue weighted by atomic mass is 9.95. The van der Waals surface area contributed by atoms with E-state index < -0.39 is 25.0 Å². The maximum Gasteiger partial charge on any atom is 0.319 e. The maximum atomic E-state index is 14.0. The molecule has 3 aromatic rings. The summed E-state index contributed by atoms with van der Waals surface area (Å²) in [6.07, 6.45) is 0.423. The van der Waals surface area contributed by atoms with Crippen molar-refractivity contribution in [1.29, 1.82) is 0 Å². The van der Waals surface area contributed by atoms with E-state index in [0.29, 0.717) is 13.0 Å². The number of amides is 3. The Balaban J connectivity index is 1.56. The van der Waals surface area contributed by atoms with Crippen LogP contribution in [0.4, 0.5) is 20.6 Å². The van der Waals surface area contributed by atoms with E-state index >= 15 is 0 Å². The highest BCUT2D eigenvalue weighted by Gasteiger charge is 2.35. The van der Waals surface area contributed by atoms with Crippen molar-refractivity contribution in [3.63, 3.8) is 0 Å². The van der Waals surface area contributed by atoms with Crippen LogP contribution in [0.25, 0.3) is 11.1 Å². The predicted octanol–water partition coefficient (Wildman–Crippen LogP) is 6.44. The first-order valence-electron chi connectivity index (χ1n) is 12.1. The molecule has 9 heteroatoms. The summed E-state index contributed by atoms with van der Waals surface area (Å²) in [5.74, 6) is -0.769. The largest absolute Gasteiger partial charge is 0.326 e. The molecule has 1 aliphatic heterocycles. The van der Waals surface area contributed by atoms with E-state index in [9.17, 15) is 18.5 Å². The zero-order valence-electron chi connectivity index (χ0n) is 21.2. The second-order valence-electron chi connectivity index (χ2n) is 9.85. The zero-order valence-corrected chi connectivity index (χ0v) is 22.9. The van der Waals surface area contributed by atoms with Gasteiger partial charge in [0, 0.05) is 22.6 Å². The van der Waals surface area contributed by atoms with Crippen LogP contribution in [0, 0.1) is 5.82 Å². The van der Waals surface area contributed by atoms with Crippen molar-refractivity contribution in [3.05, 3.63) is 77.1 Å². The number of carbonyl (C=O) groups is 2. The predicted molar refractivity (Wildman–Crippen MR) is 149 cm³/mol. The Labute approximate surface area is 221 Å². The van der Waals surface area contributed by atoms with Crippen molar-refractivity contribution in [2.45, 2.75) is 32.2 Å². The van der Waals surface area contributed by atoms with Gasteiger partial charge in [-0.2, -0.15) is 0 Å². The lowest BCUT2D eigenvalue weighted by Crippen LogP contribution is -2.43. The summed E-state index contributed by atoms with van der Waals surface area (Å²) < 4.78 is 26.9. The third-order valence-electron chi connectivity index (χ3n) is 6.43. The number of carbonyl (C=O) groups excluding carboxylic acids is 2. The summed E-state index contributed by atoms with van der Waals surface area (Å²) in [4.78, 5) is 27.4. The van der Waals surface area contributed by atoms with Crippen molar-refractivity contribution in [2.75, 3.05) is 30.1 Å². The fourth-order valence-corrected chi connectivity index (χ4v) is 5.97. The lowest BCUT2D eigenvalue weighted by molar-refractivity contribution is -0.118. The lowest BCUT2D eigenvalue weighted by Gasteiger charge is -2.24. The molecule has 0 radical (unpaired) electrons. The highest BCUT2D eigenvalue weighted by Crippen LogP contribution is 2.40. The number of rotatable bonds is 6. The molecule has 4 rings (SSSR count). The molecule has 1 atom stereocenters. The van der Waals surface area contributed by atoms with E-state index in [-0.39, 0.29) is 22.5 Å². The topological polar surface area (TPSA) is 78.5 Å². The van der Waals surface area contributed by atoms with Gasteiger partial charge in [0.1, 0.15) is 19.0 Å². The summed E-state index contributed by atoms with van der Waals surface area (Å²) >= 11 is 5.76. The highest BCUT2D eigenvalue weighted by atomic mass is 35.5. The Morgan fingerprint density at radius 3 is 2.51 bits per heavy atom. The number of anilines is 2. The number of hydrogen-bond acceptors (Lipinski definition) is 3. The van der Waals surface area contributed by atoms with Crippen LogP contribution in [-0.2, 0) is 9.36 Å². The molecule has 1 fully saturated rings. The Morgan fingerprint density at radius 2 is 1.84 bits per heavy atom. The van der Waals surface area contributed by atoms with Crippen LogP contribution >= 0.6 is 18.7 Å². The Kier molecular flexibility index (Phi) is 7.77. The van der Waals surface area contributed by atoms with E-state index in [1.165, 1.54) is 12.1 Å². The van der Waals surface area contributed by atoms with Crippen molar-refractivity contribution in [3.8, 4) is 11.1 Å². The van der Waals surface area contributed by atoms with Gasteiger partial charge in [0.25, 0.3) is 0 Å². The van der Waals surface area contributed by atoms with Gasteiger partial charge in [0.05, 0.1) is 5.69 Å². The molecule has 0 unspecified atom stereocenters. The fraction of sp³-hybridized carbons (Fsp3) is 0.286. The summed E-state index contributed by atoms with van der Waals surface area (Å²) in [6, 6.07) is 16.2. The molecule has 6 nitrogen and oxygen atoms in total. The summed E-state index contributed by atoms with van der Waals surface area (Å²) in [6.45, 7) is 8.08. The second-order valence-corrected chi connectivity index (χ2v) is 13.5. The first kappa shape index (κ1) is 26.9. The molecule has 1 heterocycles. The number of nitrogens with zero attached hydrogens (tertiary/aromatic N) is 1. The van der Waals surface area contributed by atoms with Crippen molar-refractivity contribution in [1.82, 2.24) is 5.32 Å². The van der Waals surface area contributed by atoms with Crippen LogP contribution in [0.2, 0.25) is 5.02 Å². The van der Waals surface area contributed by atoms with Crippen LogP contribution in [-0.4, -0.2) is 37.9 Å². The summed E-state index contributed by atoms with van der Waals surface area (Å²) in [5, 5.41) is 6.13. The van der Waals surface area contributed by atoms with E-state index in [4.69, 9.17) is 11.6 Å². The van der Waals surface area contributed by atoms with Crippen molar-refractivity contribution in [2.24, 2.45) is 0 Å². The minimum absolute atomic E-state index is 0.0223. The standard InChI is InChI=1S/C28H30ClFN3O3P/c1-17(2)21-15-18(20-7-5-6-8-26(20)37(3,4)36)9-12-25(21)33-14-13-24(27(33)34)32-28(35)31-23-11-10-19(29)16-22(23)30/h5-12,15-17,24H,13-14H2,1-4H3,(H2,31,32,35)/t24-/m1/s1. The van der Waals surface area contributed by atoms with Crippen LogP contribution in [0.5, 0.6) is 0 Å². The number of nitrogens with one attached hydrogen (secondary N) is 2. The van der Waals surface area contributed by atoms with E-state index in [1.807, 2.05) is 36.4 Å². The molecule has 0 bridgehead atoms. The third-order valence-corrected chi connectivity index (χ3v) is 8.21. The first-order valence-corrected chi connectivity index (χ1v) is 15.1. The van der Waals surface area contributed by atoms with Crippen LogP contribution in [0.3, 0.4) is 0 Å². The number of hydrogen-bond donors (Lipinski definition) is 2. The molecule has 0 saturated carbocycles. The molecule has 194 valence electrons. The molecule has 0 aromatic heterocycles. The SMILES string of the molecule is CC(C)c1cc(-c2ccccc2P(C)(C)=O)ccc1N1CC[C@@H](NC(=O)Nc2ccc(Cl)cc2F)C1=O. The molecular weight excluding hydrogens is 512 g/mol. The summed E-state index contributed by atoms with van der Waals surface area (Å²) in [7, 11) is -2.50. The fourth-order valence-electron chi connectivity index (χ4n) is 4.58. The minimum atomic E-state index is -2.50.